The highest BCUT2D eigenvalue weighted by atomic mass is 19.1. The van der Waals surface area contributed by atoms with Crippen molar-refractivity contribution in [3.8, 4) is 5.95 Å². The molecule has 152 valence electrons. The van der Waals surface area contributed by atoms with Gasteiger partial charge in [-0.1, -0.05) is 0 Å². The SMILES string of the molecule is COC[C@H]1CCCN1c1nc(-n2nc(C)cc2C)nc(Nc2ncccn2)c1F. The minimum absolute atomic E-state index is 0.00631. The number of hydrogen-bond acceptors (Lipinski definition) is 8. The van der Waals surface area contributed by atoms with Crippen LogP contribution in [0, 0.1) is 19.7 Å². The number of aromatic nitrogens is 6. The smallest absolute Gasteiger partial charge is 0.254 e. The first-order valence-electron chi connectivity index (χ1n) is 9.47. The monoisotopic (exact) mass is 398 g/mol. The Morgan fingerprint density at radius 2 is 2.03 bits per heavy atom. The van der Waals surface area contributed by atoms with Crippen molar-refractivity contribution < 1.29 is 9.13 Å². The van der Waals surface area contributed by atoms with Crippen LogP contribution in [0.5, 0.6) is 0 Å². The van der Waals surface area contributed by atoms with E-state index in [1.807, 2.05) is 24.8 Å². The molecule has 10 heteroatoms. The normalized spacial score (nSPS) is 16.4. The zero-order valence-electron chi connectivity index (χ0n) is 16.6. The Labute approximate surface area is 168 Å². The third-order valence-electron chi connectivity index (χ3n) is 4.83. The van der Waals surface area contributed by atoms with Gasteiger partial charge in [-0.15, -0.1) is 0 Å². The van der Waals surface area contributed by atoms with E-state index >= 15 is 4.39 Å². The maximum absolute atomic E-state index is 15.5. The van der Waals surface area contributed by atoms with Crippen LogP contribution < -0.4 is 10.2 Å². The number of aryl methyl sites for hydroxylation is 2. The van der Waals surface area contributed by atoms with Crippen molar-refractivity contribution in [3.05, 3.63) is 41.7 Å². The average molecular weight is 398 g/mol. The standard InChI is InChI=1S/C19H23FN8O/c1-12-10-13(2)28(26-12)19-24-16(23-18-21-7-5-8-22-18)15(20)17(25-19)27-9-4-6-14(27)11-29-3/h5,7-8,10,14H,4,6,9,11H2,1-3H3,(H,21,22,23,24,25)/t14-/m1/s1. The van der Waals surface area contributed by atoms with Crippen LogP contribution in [0.1, 0.15) is 24.2 Å². The van der Waals surface area contributed by atoms with Crippen molar-refractivity contribution in [2.75, 3.05) is 30.5 Å². The lowest BCUT2D eigenvalue weighted by atomic mass is 10.2. The van der Waals surface area contributed by atoms with Crippen LogP contribution in [-0.2, 0) is 4.74 Å². The molecule has 0 bridgehead atoms. The topological polar surface area (TPSA) is 93.9 Å². The van der Waals surface area contributed by atoms with E-state index in [0.29, 0.717) is 13.2 Å². The van der Waals surface area contributed by atoms with Crippen LogP contribution in [0.4, 0.5) is 22.0 Å². The van der Waals surface area contributed by atoms with Crippen LogP contribution in [0.15, 0.2) is 24.5 Å². The van der Waals surface area contributed by atoms with Gasteiger partial charge in [-0.25, -0.2) is 14.6 Å². The van der Waals surface area contributed by atoms with Gasteiger partial charge in [0.05, 0.1) is 18.3 Å². The van der Waals surface area contributed by atoms with E-state index in [0.717, 1.165) is 24.2 Å². The Morgan fingerprint density at radius 1 is 1.24 bits per heavy atom. The van der Waals surface area contributed by atoms with Crippen molar-refractivity contribution in [1.29, 1.82) is 0 Å². The van der Waals surface area contributed by atoms with Crippen LogP contribution >= 0.6 is 0 Å². The molecule has 1 aliphatic heterocycles. The van der Waals surface area contributed by atoms with Gasteiger partial charge >= 0.3 is 0 Å². The van der Waals surface area contributed by atoms with Gasteiger partial charge in [0.25, 0.3) is 5.95 Å². The molecule has 0 spiro atoms. The van der Waals surface area contributed by atoms with Crippen molar-refractivity contribution in [3.63, 3.8) is 0 Å². The number of nitrogens with zero attached hydrogens (tertiary/aromatic N) is 7. The fourth-order valence-corrected chi connectivity index (χ4v) is 3.57. The lowest BCUT2D eigenvalue weighted by molar-refractivity contribution is 0.180. The fraction of sp³-hybridized carbons (Fsp3) is 0.421. The van der Waals surface area contributed by atoms with E-state index in [1.54, 1.807) is 30.3 Å². The van der Waals surface area contributed by atoms with Gasteiger partial charge < -0.3 is 15.0 Å². The molecule has 3 aromatic heterocycles. The Morgan fingerprint density at radius 3 is 2.72 bits per heavy atom. The number of hydrogen-bond donors (Lipinski definition) is 1. The van der Waals surface area contributed by atoms with Gasteiger partial charge in [-0.3, -0.25) is 0 Å². The number of nitrogens with one attached hydrogen (secondary N) is 1. The number of halogens is 1. The second-order valence-electron chi connectivity index (χ2n) is 6.99. The van der Waals surface area contributed by atoms with Gasteiger partial charge in [-0.2, -0.15) is 19.5 Å². The van der Waals surface area contributed by atoms with Crippen molar-refractivity contribution in [2.45, 2.75) is 32.7 Å². The van der Waals surface area contributed by atoms with Gasteiger partial charge in [0.1, 0.15) is 0 Å². The highest BCUT2D eigenvalue weighted by molar-refractivity contribution is 5.58. The van der Waals surface area contributed by atoms with Crippen molar-refractivity contribution >= 4 is 17.6 Å². The van der Waals surface area contributed by atoms with Crippen LogP contribution in [0.25, 0.3) is 5.95 Å². The van der Waals surface area contributed by atoms with Crippen LogP contribution in [0.2, 0.25) is 0 Å². The average Bonchev–Trinajstić information content (AvgIpc) is 3.30. The molecule has 1 saturated heterocycles. The summed E-state index contributed by atoms with van der Waals surface area (Å²) >= 11 is 0. The summed E-state index contributed by atoms with van der Waals surface area (Å²) in [6.07, 6.45) is 5.01. The lowest BCUT2D eigenvalue weighted by Crippen LogP contribution is -2.34. The maximum Gasteiger partial charge on any atom is 0.254 e. The van der Waals surface area contributed by atoms with Gasteiger partial charge in [0, 0.05) is 31.7 Å². The zero-order chi connectivity index (χ0) is 20.4. The molecule has 9 nitrogen and oxygen atoms in total. The largest absolute Gasteiger partial charge is 0.383 e. The summed E-state index contributed by atoms with van der Waals surface area (Å²) in [6, 6.07) is 3.66. The number of ether oxygens (including phenoxy) is 1. The molecule has 0 aliphatic carbocycles. The summed E-state index contributed by atoms with van der Waals surface area (Å²) in [5.41, 5.74) is 1.69. The molecular weight excluding hydrogens is 375 g/mol. The summed E-state index contributed by atoms with van der Waals surface area (Å²) in [5.74, 6) is 0.219. The minimum Gasteiger partial charge on any atom is -0.383 e. The molecule has 0 amide bonds. The van der Waals surface area contributed by atoms with E-state index < -0.39 is 5.82 Å². The summed E-state index contributed by atoms with van der Waals surface area (Å²) in [5, 5.41) is 7.32. The Bertz CT molecular complexity index is 993. The Balaban J connectivity index is 1.82. The molecule has 0 aromatic carbocycles. The highest BCUT2D eigenvalue weighted by Gasteiger charge is 2.30. The zero-order valence-corrected chi connectivity index (χ0v) is 16.6. The molecule has 3 aromatic rings. The fourth-order valence-electron chi connectivity index (χ4n) is 3.57. The molecule has 1 fully saturated rings. The second kappa shape index (κ2) is 8.08. The van der Waals surface area contributed by atoms with Gasteiger partial charge in [0.2, 0.25) is 11.8 Å². The first-order chi connectivity index (χ1) is 14.1. The van der Waals surface area contributed by atoms with E-state index in [4.69, 9.17) is 4.74 Å². The Kier molecular flexibility index (Phi) is 5.34. The maximum atomic E-state index is 15.5. The van der Waals surface area contributed by atoms with Crippen LogP contribution in [-0.4, -0.2) is 56.0 Å². The highest BCUT2D eigenvalue weighted by Crippen LogP contribution is 2.31. The van der Waals surface area contributed by atoms with E-state index in [1.165, 1.54) is 0 Å². The minimum atomic E-state index is -0.550. The first-order valence-corrected chi connectivity index (χ1v) is 9.47. The number of methoxy groups -OCH3 is 1. The predicted octanol–water partition coefficient (Wildman–Crippen LogP) is 2.57. The molecule has 1 atom stereocenters. The van der Waals surface area contributed by atoms with E-state index in [-0.39, 0.29) is 29.6 Å². The predicted molar refractivity (Wildman–Crippen MR) is 106 cm³/mol. The number of rotatable bonds is 6. The van der Waals surface area contributed by atoms with Crippen molar-refractivity contribution in [1.82, 2.24) is 29.7 Å². The number of anilines is 3. The third kappa shape index (κ3) is 3.88. The summed E-state index contributed by atoms with van der Waals surface area (Å²) < 4.78 is 22.4. The molecule has 29 heavy (non-hydrogen) atoms. The molecule has 0 unspecified atom stereocenters. The first kappa shape index (κ1) is 19.2. The molecule has 0 radical (unpaired) electrons. The molecular formula is C19H23FN8O. The molecule has 1 N–H and O–H groups in total. The van der Waals surface area contributed by atoms with Crippen molar-refractivity contribution in [2.24, 2.45) is 0 Å². The molecule has 0 saturated carbocycles. The van der Waals surface area contributed by atoms with Gasteiger partial charge in [-0.05, 0) is 38.8 Å². The quantitative estimate of drug-likeness (QED) is 0.677. The lowest BCUT2D eigenvalue weighted by Gasteiger charge is -2.26. The van der Waals surface area contributed by atoms with Gasteiger partial charge in [0.15, 0.2) is 11.6 Å². The summed E-state index contributed by atoms with van der Waals surface area (Å²) in [4.78, 5) is 19.1. The summed E-state index contributed by atoms with van der Waals surface area (Å²) in [7, 11) is 1.65. The Hall–Kier alpha value is -3.14. The molecule has 1 aliphatic rings. The van der Waals surface area contributed by atoms with Crippen LogP contribution in [0.3, 0.4) is 0 Å². The van der Waals surface area contributed by atoms with E-state index in [9.17, 15) is 0 Å². The van der Waals surface area contributed by atoms with E-state index in [2.05, 4.69) is 30.4 Å². The molecule has 4 heterocycles. The molecule has 4 rings (SSSR count). The second-order valence-corrected chi connectivity index (χ2v) is 6.99. The third-order valence-corrected chi connectivity index (χ3v) is 4.83. The summed E-state index contributed by atoms with van der Waals surface area (Å²) in [6.45, 7) is 4.99.